The number of ketones is 1. The number of pyridine rings is 1. The summed E-state index contributed by atoms with van der Waals surface area (Å²) in [6.07, 6.45) is 4.60. The Kier molecular flexibility index (Phi) is 7.28. The van der Waals surface area contributed by atoms with Gasteiger partial charge in [0, 0.05) is 42.9 Å². The number of aromatic carboxylic acids is 1. The van der Waals surface area contributed by atoms with Crippen LogP contribution in [0.15, 0.2) is 41.3 Å². The number of hydrogen-bond acceptors (Lipinski definition) is 9. The summed E-state index contributed by atoms with van der Waals surface area (Å²) in [7, 11) is 0. The van der Waals surface area contributed by atoms with E-state index >= 15 is 0 Å². The first-order valence-electron chi connectivity index (χ1n) is 13.9. The third-order valence-corrected chi connectivity index (χ3v) is 8.80. The van der Waals surface area contributed by atoms with Gasteiger partial charge in [-0.1, -0.05) is 6.92 Å². The molecule has 6 rings (SSSR count). The first kappa shape index (κ1) is 29.5. The Labute approximate surface area is 260 Å². The van der Waals surface area contributed by atoms with Gasteiger partial charge in [-0.3, -0.25) is 19.1 Å². The number of aromatic nitrogens is 5. The number of nitrogens with zero attached hydrogens (tertiary/aromatic N) is 6. The molecule has 0 radical (unpaired) electrons. The Morgan fingerprint density at radius 3 is 2.50 bits per heavy atom. The van der Waals surface area contributed by atoms with Crippen molar-refractivity contribution >= 4 is 56.2 Å². The molecular formula is C30H29BrN8O5. The molecule has 13 nitrogen and oxygen atoms in total. The number of fused-ring (bicyclic) bond motifs is 2. The summed E-state index contributed by atoms with van der Waals surface area (Å²) in [5, 5.41) is 17.2. The lowest BCUT2D eigenvalue weighted by Gasteiger charge is -2.27. The molecule has 3 atom stereocenters. The van der Waals surface area contributed by atoms with Gasteiger partial charge in [0.15, 0.2) is 5.78 Å². The molecule has 2 amide bonds. The Morgan fingerprint density at radius 1 is 1.11 bits per heavy atom. The minimum atomic E-state index is -1.16. The highest BCUT2D eigenvalue weighted by molar-refractivity contribution is 9.10. The molecule has 0 bridgehead atoms. The molecule has 1 aromatic carbocycles. The van der Waals surface area contributed by atoms with Crippen molar-refractivity contribution in [2.45, 2.75) is 58.8 Å². The number of hydrogen-bond donors (Lipinski definition) is 3. The number of likely N-dealkylation sites (tertiary alicyclic amines) is 1. The quantitative estimate of drug-likeness (QED) is 0.187. The standard InChI is InChI=1S/C30H29BrN8O5/c1-14(40)26-20-5-16(19-11-33-15(2)34-12-19)4-18(10-32)27(20)38(37-26)13-25(41)39-21(8-30(3)9-22(30)39)28(42)36-24-7-17(29(43)44)6-23(31)35-24/h4-7,11-12,21-22H,8-10,13,32H2,1-3H3,(H,43,44)(H,35,36,42)/t21-,22+,30-/m0/s1. The fourth-order valence-electron chi connectivity index (χ4n) is 6.11. The van der Waals surface area contributed by atoms with E-state index in [9.17, 15) is 24.3 Å². The zero-order valence-electron chi connectivity index (χ0n) is 24.2. The number of Topliss-reactive ketones (excluding diaryl/α,β-unsaturated/α-hetero) is 1. The third-order valence-electron chi connectivity index (χ3n) is 8.39. The summed E-state index contributed by atoms with van der Waals surface area (Å²) in [5.74, 6) is -1.53. The van der Waals surface area contributed by atoms with E-state index in [1.807, 2.05) is 19.1 Å². The molecule has 1 saturated heterocycles. The topological polar surface area (TPSA) is 186 Å². The zero-order chi connectivity index (χ0) is 31.5. The Balaban J connectivity index is 1.32. The van der Waals surface area contributed by atoms with Crippen molar-refractivity contribution in [3.8, 4) is 11.1 Å². The van der Waals surface area contributed by atoms with Crippen LogP contribution in [0, 0.1) is 12.3 Å². The van der Waals surface area contributed by atoms with Crippen LogP contribution < -0.4 is 11.1 Å². The van der Waals surface area contributed by atoms with Crippen LogP contribution in [-0.4, -0.2) is 70.4 Å². The van der Waals surface area contributed by atoms with E-state index in [0.29, 0.717) is 28.7 Å². The van der Waals surface area contributed by atoms with E-state index in [1.165, 1.54) is 23.7 Å². The van der Waals surface area contributed by atoms with Gasteiger partial charge in [-0.15, -0.1) is 0 Å². The Hall–Kier alpha value is -4.56. The molecule has 4 N–H and O–H groups in total. The monoisotopic (exact) mass is 660 g/mol. The molecule has 1 aliphatic carbocycles. The normalized spacial score (nSPS) is 20.4. The molecule has 0 spiro atoms. The van der Waals surface area contributed by atoms with Crippen LogP contribution in [0.25, 0.3) is 22.0 Å². The Morgan fingerprint density at radius 2 is 1.84 bits per heavy atom. The van der Waals surface area contributed by atoms with Crippen molar-refractivity contribution in [3.05, 3.63) is 63.9 Å². The van der Waals surface area contributed by atoms with Crippen LogP contribution in [0.1, 0.15) is 58.9 Å². The van der Waals surface area contributed by atoms with E-state index in [4.69, 9.17) is 5.73 Å². The van der Waals surface area contributed by atoms with E-state index in [2.05, 4.69) is 41.3 Å². The van der Waals surface area contributed by atoms with Crippen LogP contribution in [0.3, 0.4) is 0 Å². The molecule has 1 saturated carbocycles. The lowest BCUT2D eigenvalue weighted by Crippen LogP contribution is -2.46. The summed E-state index contributed by atoms with van der Waals surface area (Å²) in [4.78, 5) is 65.9. The second-order valence-corrected chi connectivity index (χ2v) is 12.4. The SMILES string of the molecule is CC(=O)c1nn(CC(=O)N2[C@H](C(=O)Nc3cc(C(=O)O)cc(Br)n3)C[C@@]3(C)C[C@@H]23)c2c(CN)cc(-c3cnc(C)nc3)cc12. The van der Waals surface area contributed by atoms with Gasteiger partial charge < -0.3 is 21.1 Å². The molecular weight excluding hydrogens is 632 g/mol. The number of carboxylic acids is 1. The predicted molar refractivity (Wildman–Crippen MR) is 163 cm³/mol. The molecule has 14 heteroatoms. The van der Waals surface area contributed by atoms with Gasteiger partial charge in [0.25, 0.3) is 0 Å². The maximum absolute atomic E-state index is 14.0. The molecule has 3 aromatic heterocycles. The summed E-state index contributed by atoms with van der Waals surface area (Å²) in [5.41, 5.74) is 8.89. The van der Waals surface area contributed by atoms with E-state index in [-0.39, 0.29) is 57.9 Å². The number of nitrogens with two attached hydrogens (primary N) is 1. The summed E-state index contributed by atoms with van der Waals surface area (Å²) < 4.78 is 1.75. The molecule has 226 valence electrons. The first-order valence-corrected chi connectivity index (χ1v) is 14.7. The van der Waals surface area contributed by atoms with Gasteiger partial charge in [0.2, 0.25) is 11.8 Å². The second-order valence-electron chi connectivity index (χ2n) is 11.6. The second kappa shape index (κ2) is 10.9. The van der Waals surface area contributed by atoms with Crippen LogP contribution in [0.2, 0.25) is 0 Å². The number of amides is 2. The van der Waals surface area contributed by atoms with Crippen molar-refractivity contribution in [1.29, 1.82) is 0 Å². The van der Waals surface area contributed by atoms with Crippen LogP contribution >= 0.6 is 15.9 Å². The van der Waals surface area contributed by atoms with Crippen LogP contribution in [0.5, 0.6) is 0 Å². The summed E-state index contributed by atoms with van der Waals surface area (Å²) in [6.45, 7) is 5.16. The lowest BCUT2D eigenvalue weighted by atomic mass is 10.00. The number of carbonyl (C=O) groups excluding carboxylic acids is 3. The Bertz CT molecular complexity index is 1870. The number of nitrogens with one attached hydrogen (secondary N) is 1. The van der Waals surface area contributed by atoms with Gasteiger partial charge >= 0.3 is 5.97 Å². The minimum absolute atomic E-state index is 0.0445. The van der Waals surface area contributed by atoms with Crippen molar-refractivity contribution < 1.29 is 24.3 Å². The van der Waals surface area contributed by atoms with Gasteiger partial charge in [-0.2, -0.15) is 5.10 Å². The average Bonchev–Trinajstić information content (AvgIpc) is 3.33. The van der Waals surface area contributed by atoms with Crippen LogP contribution in [-0.2, 0) is 22.7 Å². The highest BCUT2D eigenvalue weighted by atomic mass is 79.9. The maximum Gasteiger partial charge on any atom is 0.335 e. The third kappa shape index (κ3) is 5.24. The first-order chi connectivity index (χ1) is 20.9. The lowest BCUT2D eigenvalue weighted by molar-refractivity contribution is -0.138. The predicted octanol–water partition coefficient (Wildman–Crippen LogP) is 3.34. The fraction of sp³-hybridized carbons (Fsp3) is 0.333. The molecule has 2 aliphatic rings. The minimum Gasteiger partial charge on any atom is -0.478 e. The largest absolute Gasteiger partial charge is 0.478 e. The highest BCUT2D eigenvalue weighted by Crippen LogP contribution is 2.59. The van der Waals surface area contributed by atoms with Gasteiger partial charge in [0.1, 0.15) is 34.5 Å². The van der Waals surface area contributed by atoms with Crippen molar-refractivity contribution in [3.63, 3.8) is 0 Å². The number of halogens is 1. The molecule has 4 heterocycles. The van der Waals surface area contributed by atoms with E-state index in [1.54, 1.807) is 24.2 Å². The fourth-order valence-corrected chi connectivity index (χ4v) is 6.54. The molecule has 4 aromatic rings. The molecule has 44 heavy (non-hydrogen) atoms. The number of piperidine rings is 1. The number of benzene rings is 1. The summed E-state index contributed by atoms with van der Waals surface area (Å²) >= 11 is 3.18. The van der Waals surface area contributed by atoms with Crippen LogP contribution in [0.4, 0.5) is 5.82 Å². The number of aryl methyl sites for hydroxylation is 1. The zero-order valence-corrected chi connectivity index (χ0v) is 25.8. The van der Waals surface area contributed by atoms with Crippen molar-refractivity contribution in [2.24, 2.45) is 11.1 Å². The van der Waals surface area contributed by atoms with Gasteiger partial charge in [0.05, 0.1) is 11.1 Å². The average molecular weight is 662 g/mol. The van der Waals surface area contributed by atoms with Crippen molar-refractivity contribution in [1.82, 2.24) is 29.6 Å². The van der Waals surface area contributed by atoms with Gasteiger partial charge in [-0.25, -0.2) is 19.7 Å². The molecule has 1 aliphatic heterocycles. The molecule has 0 unspecified atom stereocenters. The smallest absolute Gasteiger partial charge is 0.335 e. The van der Waals surface area contributed by atoms with Crippen molar-refractivity contribution in [2.75, 3.05) is 5.32 Å². The number of anilines is 1. The van der Waals surface area contributed by atoms with E-state index < -0.39 is 17.9 Å². The molecule has 2 fully saturated rings. The van der Waals surface area contributed by atoms with Gasteiger partial charge in [-0.05, 0) is 76.5 Å². The highest BCUT2D eigenvalue weighted by Gasteiger charge is 2.64. The number of carboxylic acid groups (broad SMARTS) is 1. The number of rotatable bonds is 8. The maximum atomic E-state index is 14.0. The van der Waals surface area contributed by atoms with E-state index in [0.717, 1.165) is 17.5 Å². The summed E-state index contributed by atoms with van der Waals surface area (Å²) in [6, 6.07) is 5.37. The number of carbonyl (C=O) groups is 4.